The molecule has 3 aromatic rings. The van der Waals surface area contributed by atoms with Crippen LogP contribution < -0.4 is 19.1 Å². The molecule has 5 nitrogen and oxygen atoms in total. The molecule has 1 atom stereocenters. The van der Waals surface area contributed by atoms with E-state index >= 15 is 0 Å². The van der Waals surface area contributed by atoms with Crippen molar-refractivity contribution in [3.8, 4) is 17.2 Å². The zero-order chi connectivity index (χ0) is 20.4. The van der Waals surface area contributed by atoms with Crippen LogP contribution in [0.5, 0.6) is 17.2 Å². The summed E-state index contributed by atoms with van der Waals surface area (Å²) in [6.45, 7) is 0. The van der Waals surface area contributed by atoms with Crippen molar-refractivity contribution in [1.82, 2.24) is 0 Å². The van der Waals surface area contributed by atoms with E-state index in [4.69, 9.17) is 14.2 Å². The minimum atomic E-state index is -0.283. The molecule has 4 rings (SSSR count). The summed E-state index contributed by atoms with van der Waals surface area (Å²) in [6.07, 6.45) is 0.538. The second kappa shape index (κ2) is 7.87. The van der Waals surface area contributed by atoms with Gasteiger partial charge in [-0.25, -0.2) is 0 Å². The Kier molecular flexibility index (Phi) is 5.12. The third-order valence-corrected chi connectivity index (χ3v) is 5.25. The van der Waals surface area contributed by atoms with Crippen molar-refractivity contribution < 1.29 is 19.0 Å². The van der Waals surface area contributed by atoms with E-state index in [2.05, 4.69) is 0 Å². The van der Waals surface area contributed by atoms with Crippen molar-refractivity contribution in [3.05, 3.63) is 77.9 Å². The summed E-state index contributed by atoms with van der Waals surface area (Å²) in [6, 6.07) is 21.5. The topological polar surface area (TPSA) is 48.0 Å². The Morgan fingerprint density at radius 1 is 0.828 bits per heavy atom. The number of hydrogen-bond acceptors (Lipinski definition) is 4. The number of anilines is 2. The number of carbonyl (C=O) groups is 1. The summed E-state index contributed by atoms with van der Waals surface area (Å²) in [5, 5.41) is 0. The van der Waals surface area contributed by atoms with Crippen LogP contribution in [0.4, 0.5) is 11.4 Å². The van der Waals surface area contributed by atoms with Crippen LogP contribution in [0.1, 0.15) is 17.0 Å². The fourth-order valence-electron chi connectivity index (χ4n) is 3.92. The molecule has 1 amide bonds. The lowest BCUT2D eigenvalue weighted by Gasteiger charge is -2.18. The molecule has 0 aliphatic carbocycles. The molecular formula is C24H23NO4. The van der Waals surface area contributed by atoms with Crippen LogP contribution >= 0.6 is 0 Å². The third-order valence-electron chi connectivity index (χ3n) is 5.25. The Bertz CT molecular complexity index is 1010. The molecule has 1 aliphatic heterocycles. The molecule has 0 radical (unpaired) electrons. The van der Waals surface area contributed by atoms with Crippen molar-refractivity contribution >= 4 is 17.3 Å². The highest BCUT2D eigenvalue weighted by molar-refractivity contribution is 6.10. The molecule has 29 heavy (non-hydrogen) atoms. The van der Waals surface area contributed by atoms with Crippen molar-refractivity contribution in [2.75, 3.05) is 26.2 Å². The van der Waals surface area contributed by atoms with E-state index in [-0.39, 0.29) is 11.8 Å². The number of carbonyl (C=O) groups excluding carboxylic acids is 1. The summed E-state index contributed by atoms with van der Waals surface area (Å²) < 4.78 is 16.4. The van der Waals surface area contributed by atoms with Gasteiger partial charge in [-0.15, -0.1) is 0 Å². The van der Waals surface area contributed by atoms with E-state index in [1.54, 1.807) is 26.2 Å². The molecular weight excluding hydrogens is 366 g/mol. The predicted molar refractivity (Wildman–Crippen MR) is 113 cm³/mol. The number of nitrogens with zero attached hydrogens (tertiary/aromatic N) is 1. The smallest absolute Gasteiger partial charge is 0.239 e. The van der Waals surface area contributed by atoms with Crippen LogP contribution in [0.3, 0.4) is 0 Å². The van der Waals surface area contributed by atoms with Gasteiger partial charge < -0.3 is 14.2 Å². The second-order valence-corrected chi connectivity index (χ2v) is 6.86. The van der Waals surface area contributed by atoms with Gasteiger partial charge in [-0.1, -0.05) is 36.4 Å². The SMILES string of the molecule is COc1cc(C[C@@H]2C(=O)N(c3ccccc3)c3ccccc32)cc(OC)c1OC. The van der Waals surface area contributed by atoms with Crippen LogP contribution in [0.2, 0.25) is 0 Å². The van der Waals surface area contributed by atoms with E-state index in [9.17, 15) is 4.79 Å². The van der Waals surface area contributed by atoms with Gasteiger partial charge in [-0.05, 0) is 47.9 Å². The van der Waals surface area contributed by atoms with E-state index in [1.165, 1.54) is 0 Å². The number of amides is 1. The average molecular weight is 389 g/mol. The average Bonchev–Trinajstić information content (AvgIpc) is 3.05. The van der Waals surface area contributed by atoms with Gasteiger partial charge in [-0.3, -0.25) is 9.69 Å². The minimum Gasteiger partial charge on any atom is -0.493 e. The Balaban J connectivity index is 1.74. The first-order valence-electron chi connectivity index (χ1n) is 9.44. The number of methoxy groups -OCH3 is 3. The van der Waals surface area contributed by atoms with E-state index < -0.39 is 0 Å². The lowest BCUT2D eigenvalue weighted by atomic mass is 9.93. The summed E-state index contributed by atoms with van der Waals surface area (Å²) in [4.78, 5) is 15.2. The first-order chi connectivity index (χ1) is 14.2. The van der Waals surface area contributed by atoms with Gasteiger partial charge in [0.05, 0.1) is 32.9 Å². The zero-order valence-electron chi connectivity index (χ0n) is 16.7. The van der Waals surface area contributed by atoms with Crippen molar-refractivity contribution in [2.45, 2.75) is 12.3 Å². The highest BCUT2D eigenvalue weighted by Gasteiger charge is 2.38. The molecule has 0 bridgehead atoms. The Morgan fingerprint density at radius 3 is 2.07 bits per heavy atom. The summed E-state index contributed by atoms with van der Waals surface area (Å²) in [5.41, 5.74) is 3.77. The lowest BCUT2D eigenvalue weighted by molar-refractivity contribution is -0.118. The van der Waals surface area contributed by atoms with Crippen molar-refractivity contribution in [3.63, 3.8) is 0 Å². The van der Waals surface area contributed by atoms with Crippen molar-refractivity contribution in [2.24, 2.45) is 0 Å². The van der Waals surface area contributed by atoms with Gasteiger partial charge in [0, 0.05) is 5.69 Å². The van der Waals surface area contributed by atoms with Crippen LogP contribution in [0.15, 0.2) is 66.7 Å². The Labute approximate surface area is 170 Å². The predicted octanol–water partition coefficient (Wildman–Crippen LogP) is 4.72. The van der Waals surface area contributed by atoms with Gasteiger partial charge in [0.25, 0.3) is 0 Å². The Morgan fingerprint density at radius 2 is 1.45 bits per heavy atom. The zero-order valence-corrected chi connectivity index (χ0v) is 16.7. The van der Waals surface area contributed by atoms with Gasteiger partial charge in [0.15, 0.2) is 11.5 Å². The molecule has 0 N–H and O–H groups in total. The highest BCUT2D eigenvalue weighted by atomic mass is 16.5. The summed E-state index contributed by atoms with van der Waals surface area (Å²) >= 11 is 0. The van der Waals surface area contributed by atoms with Crippen LogP contribution in [0.25, 0.3) is 0 Å². The molecule has 5 heteroatoms. The fraction of sp³-hybridized carbons (Fsp3) is 0.208. The van der Waals surface area contributed by atoms with Gasteiger partial charge in [-0.2, -0.15) is 0 Å². The molecule has 3 aromatic carbocycles. The summed E-state index contributed by atoms with van der Waals surface area (Å²) in [7, 11) is 4.76. The highest BCUT2D eigenvalue weighted by Crippen LogP contribution is 2.45. The van der Waals surface area contributed by atoms with E-state index in [0.29, 0.717) is 23.7 Å². The largest absolute Gasteiger partial charge is 0.493 e. The molecule has 0 saturated heterocycles. The fourth-order valence-corrected chi connectivity index (χ4v) is 3.92. The quantitative estimate of drug-likeness (QED) is 0.612. The third kappa shape index (κ3) is 3.29. The number of ether oxygens (including phenoxy) is 3. The first kappa shape index (κ1) is 18.9. The minimum absolute atomic E-state index is 0.0613. The maximum absolute atomic E-state index is 13.4. The maximum atomic E-state index is 13.4. The molecule has 1 heterocycles. The first-order valence-corrected chi connectivity index (χ1v) is 9.44. The number of benzene rings is 3. The molecule has 0 fully saturated rings. The molecule has 1 aliphatic rings. The maximum Gasteiger partial charge on any atom is 0.239 e. The lowest BCUT2D eigenvalue weighted by Crippen LogP contribution is -2.24. The van der Waals surface area contributed by atoms with Gasteiger partial charge in [0.1, 0.15) is 0 Å². The molecule has 148 valence electrons. The number of para-hydroxylation sites is 2. The van der Waals surface area contributed by atoms with Crippen LogP contribution in [-0.4, -0.2) is 27.2 Å². The Hall–Kier alpha value is -3.47. The normalized spacial score (nSPS) is 15.2. The van der Waals surface area contributed by atoms with Crippen molar-refractivity contribution in [1.29, 1.82) is 0 Å². The standard InChI is InChI=1S/C24H23NO4/c1-27-21-14-16(15-22(28-2)23(21)29-3)13-19-18-11-7-8-12-20(18)25(24(19)26)17-9-5-4-6-10-17/h4-12,14-15,19H,13H2,1-3H3/t19-/m0/s1. The van der Waals surface area contributed by atoms with E-state index in [0.717, 1.165) is 22.5 Å². The number of rotatable bonds is 6. The summed E-state index contributed by atoms with van der Waals surface area (Å²) in [5.74, 6) is 1.49. The second-order valence-electron chi connectivity index (χ2n) is 6.86. The monoisotopic (exact) mass is 389 g/mol. The van der Waals surface area contributed by atoms with Crippen LogP contribution in [0, 0.1) is 0 Å². The molecule has 0 spiro atoms. The number of fused-ring (bicyclic) bond motifs is 1. The number of hydrogen-bond donors (Lipinski definition) is 0. The molecule has 0 aromatic heterocycles. The van der Waals surface area contributed by atoms with Gasteiger partial charge >= 0.3 is 0 Å². The van der Waals surface area contributed by atoms with Gasteiger partial charge in [0.2, 0.25) is 11.7 Å². The van der Waals surface area contributed by atoms with Crippen LogP contribution in [-0.2, 0) is 11.2 Å². The van der Waals surface area contributed by atoms with E-state index in [1.807, 2.05) is 66.7 Å². The molecule has 0 saturated carbocycles. The molecule has 0 unspecified atom stereocenters.